The Morgan fingerprint density at radius 1 is 1.19 bits per heavy atom. The van der Waals surface area contributed by atoms with Crippen LogP contribution < -0.4 is 4.74 Å². The molecule has 0 aliphatic carbocycles. The van der Waals surface area contributed by atoms with E-state index in [-0.39, 0.29) is 12.3 Å². The van der Waals surface area contributed by atoms with E-state index in [9.17, 15) is 10.1 Å². The highest BCUT2D eigenvalue weighted by molar-refractivity contribution is 5.56. The zero-order valence-corrected chi connectivity index (χ0v) is 14.8. The molecule has 134 valence electrons. The monoisotopic (exact) mass is 353 g/mol. The van der Waals surface area contributed by atoms with Crippen molar-refractivity contribution in [3.8, 4) is 17.1 Å². The lowest BCUT2D eigenvalue weighted by atomic mass is 10.0. The molecule has 0 fully saturated rings. The lowest BCUT2D eigenvalue weighted by Crippen LogP contribution is -2.00. The molecular weight excluding hydrogens is 334 g/mol. The normalized spacial score (nSPS) is 10.9. The highest BCUT2D eigenvalue weighted by Gasteiger charge is 2.13. The minimum absolute atomic E-state index is 0.0152. The molecule has 0 aliphatic heterocycles. The lowest BCUT2D eigenvalue weighted by Gasteiger charge is -2.13. The third-order valence-corrected chi connectivity index (χ3v) is 3.95. The number of ether oxygens (including phenoxy) is 1. The molecule has 0 atom stereocenters. The van der Waals surface area contributed by atoms with Crippen molar-refractivity contribution >= 4 is 5.69 Å². The van der Waals surface area contributed by atoms with E-state index in [1.807, 2.05) is 13.0 Å². The van der Waals surface area contributed by atoms with Crippen LogP contribution >= 0.6 is 0 Å². The Kier molecular flexibility index (Phi) is 4.97. The molecule has 0 aliphatic rings. The van der Waals surface area contributed by atoms with Crippen LogP contribution in [0.25, 0.3) is 11.4 Å². The summed E-state index contributed by atoms with van der Waals surface area (Å²) in [6.07, 6.45) is 0. The van der Waals surface area contributed by atoms with Crippen molar-refractivity contribution in [3.63, 3.8) is 0 Å². The molecule has 1 heterocycles. The summed E-state index contributed by atoms with van der Waals surface area (Å²) >= 11 is 0. The molecule has 3 rings (SSSR count). The number of aromatic nitrogens is 2. The maximum atomic E-state index is 10.7. The Morgan fingerprint density at radius 3 is 2.58 bits per heavy atom. The van der Waals surface area contributed by atoms with Crippen molar-refractivity contribution in [1.82, 2.24) is 10.1 Å². The SMILES string of the molecule is Cc1ccc(C(C)C)c(OCc2nc(-c3ccc([N+](=O)[O-])cc3)no2)c1. The quantitative estimate of drug-likeness (QED) is 0.473. The van der Waals surface area contributed by atoms with E-state index >= 15 is 0 Å². The smallest absolute Gasteiger partial charge is 0.269 e. The minimum Gasteiger partial charge on any atom is -0.483 e. The summed E-state index contributed by atoms with van der Waals surface area (Å²) in [5, 5.41) is 14.6. The number of hydrogen-bond acceptors (Lipinski definition) is 6. The van der Waals surface area contributed by atoms with E-state index in [0.29, 0.717) is 23.2 Å². The molecule has 1 aromatic heterocycles. The molecule has 3 aromatic rings. The predicted octanol–water partition coefficient (Wildman–Crippen LogP) is 4.66. The van der Waals surface area contributed by atoms with Gasteiger partial charge in [0.15, 0.2) is 6.61 Å². The van der Waals surface area contributed by atoms with Crippen molar-refractivity contribution in [1.29, 1.82) is 0 Å². The van der Waals surface area contributed by atoms with Gasteiger partial charge in [-0.25, -0.2) is 0 Å². The van der Waals surface area contributed by atoms with Crippen LogP contribution in [0, 0.1) is 17.0 Å². The highest BCUT2D eigenvalue weighted by atomic mass is 16.6. The second-order valence-electron chi connectivity index (χ2n) is 6.30. The number of hydrogen-bond donors (Lipinski definition) is 0. The van der Waals surface area contributed by atoms with Gasteiger partial charge in [-0.05, 0) is 42.2 Å². The summed E-state index contributed by atoms with van der Waals surface area (Å²) in [6, 6.07) is 12.1. The van der Waals surface area contributed by atoms with Gasteiger partial charge in [-0.3, -0.25) is 10.1 Å². The van der Waals surface area contributed by atoms with Crippen molar-refractivity contribution in [2.45, 2.75) is 33.3 Å². The summed E-state index contributed by atoms with van der Waals surface area (Å²) < 4.78 is 11.1. The van der Waals surface area contributed by atoms with Gasteiger partial charge in [0, 0.05) is 17.7 Å². The molecule has 0 spiro atoms. The molecular formula is C19H19N3O4. The number of benzene rings is 2. The Morgan fingerprint density at radius 2 is 1.92 bits per heavy atom. The van der Waals surface area contributed by atoms with E-state index < -0.39 is 4.92 Å². The summed E-state index contributed by atoms with van der Waals surface area (Å²) in [5.74, 6) is 1.85. The van der Waals surface area contributed by atoms with Crippen LogP contribution in [0.4, 0.5) is 5.69 Å². The van der Waals surface area contributed by atoms with Crippen LogP contribution in [0.2, 0.25) is 0 Å². The number of nitro groups is 1. The largest absolute Gasteiger partial charge is 0.483 e. The molecule has 7 nitrogen and oxygen atoms in total. The van der Waals surface area contributed by atoms with Crippen LogP contribution in [0.5, 0.6) is 5.75 Å². The summed E-state index contributed by atoms with van der Waals surface area (Å²) in [5.41, 5.74) is 2.89. The molecule has 0 saturated heterocycles. The van der Waals surface area contributed by atoms with Crippen LogP contribution in [0.15, 0.2) is 47.0 Å². The zero-order valence-electron chi connectivity index (χ0n) is 14.8. The van der Waals surface area contributed by atoms with Crippen LogP contribution in [-0.2, 0) is 6.61 Å². The average Bonchev–Trinajstić information content (AvgIpc) is 3.09. The number of rotatable bonds is 6. The van der Waals surface area contributed by atoms with Gasteiger partial charge >= 0.3 is 0 Å². The van der Waals surface area contributed by atoms with Gasteiger partial charge < -0.3 is 9.26 Å². The standard InChI is InChI=1S/C19H19N3O4/c1-12(2)16-9-4-13(3)10-17(16)25-11-18-20-19(21-26-18)14-5-7-15(8-6-14)22(23)24/h4-10,12H,11H2,1-3H3. The Labute approximate surface area is 150 Å². The number of non-ortho nitro benzene ring substituents is 1. The van der Waals surface area contributed by atoms with Crippen molar-refractivity contribution < 1.29 is 14.2 Å². The summed E-state index contributed by atoms with van der Waals surface area (Å²) in [7, 11) is 0. The van der Waals surface area contributed by atoms with Crippen LogP contribution in [-0.4, -0.2) is 15.1 Å². The van der Waals surface area contributed by atoms with Gasteiger partial charge in [-0.15, -0.1) is 0 Å². The molecule has 0 amide bonds. The first kappa shape index (κ1) is 17.6. The second kappa shape index (κ2) is 7.35. The fraction of sp³-hybridized carbons (Fsp3) is 0.263. The predicted molar refractivity (Wildman–Crippen MR) is 96.0 cm³/mol. The van der Waals surface area contributed by atoms with Gasteiger partial charge in [0.05, 0.1) is 4.92 Å². The van der Waals surface area contributed by atoms with Crippen molar-refractivity contribution in [2.75, 3.05) is 0 Å². The Balaban J connectivity index is 1.73. The van der Waals surface area contributed by atoms with E-state index in [1.165, 1.54) is 12.1 Å². The second-order valence-corrected chi connectivity index (χ2v) is 6.30. The number of nitrogens with zero attached hydrogens (tertiary/aromatic N) is 3. The average molecular weight is 353 g/mol. The Hall–Kier alpha value is -3.22. The van der Waals surface area contributed by atoms with Gasteiger partial charge in [0.25, 0.3) is 11.6 Å². The molecule has 0 unspecified atom stereocenters. The van der Waals surface area contributed by atoms with E-state index in [1.54, 1.807) is 12.1 Å². The van der Waals surface area contributed by atoms with Gasteiger partial charge in [0.1, 0.15) is 5.75 Å². The maximum Gasteiger partial charge on any atom is 0.269 e. The molecule has 0 bridgehead atoms. The maximum absolute atomic E-state index is 10.7. The first-order valence-electron chi connectivity index (χ1n) is 8.25. The van der Waals surface area contributed by atoms with E-state index in [2.05, 4.69) is 36.1 Å². The number of aryl methyl sites for hydroxylation is 1. The first-order valence-corrected chi connectivity index (χ1v) is 8.25. The lowest BCUT2D eigenvalue weighted by molar-refractivity contribution is -0.384. The number of nitro benzene ring substituents is 1. The van der Waals surface area contributed by atoms with Gasteiger partial charge in [-0.1, -0.05) is 31.1 Å². The molecule has 2 aromatic carbocycles. The van der Waals surface area contributed by atoms with E-state index in [4.69, 9.17) is 9.26 Å². The van der Waals surface area contributed by atoms with E-state index in [0.717, 1.165) is 16.9 Å². The zero-order chi connectivity index (χ0) is 18.7. The topological polar surface area (TPSA) is 91.3 Å². The molecule has 26 heavy (non-hydrogen) atoms. The third-order valence-electron chi connectivity index (χ3n) is 3.95. The highest BCUT2D eigenvalue weighted by Crippen LogP contribution is 2.28. The molecule has 0 N–H and O–H groups in total. The molecule has 7 heteroatoms. The minimum atomic E-state index is -0.451. The first-order chi connectivity index (χ1) is 12.4. The summed E-state index contributed by atoms with van der Waals surface area (Å²) in [6.45, 7) is 6.38. The molecule has 0 saturated carbocycles. The fourth-order valence-electron chi connectivity index (χ4n) is 2.55. The Bertz CT molecular complexity index is 917. The van der Waals surface area contributed by atoms with Gasteiger partial charge in [0.2, 0.25) is 5.82 Å². The molecule has 0 radical (unpaired) electrons. The van der Waals surface area contributed by atoms with Gasteiger partial charge in [-0.2, -0.15) is 4.98 Å². The van der Waals surface area contributed by atoms with Crippen molar-refractivity contribution in [2.24, 2.45) is 0 Å². The third kappa shape index (κ3) is 3.88. The van der Waals surface area contributed by atoms with Crippen LogP contribution in [0.1, 0.15) is 36.8 Å². The summed E-state index contributed by atoms with van der Waals surface area (Å²) in [4.78, 5) is 14.6. The van der Waals surface area contributed by atoms with Crippen molar-refractivity contribution in [3.05, 3.63) is 69.6 Å². The fourth-order valence-corrected chi connectivity index (χ4v) is 2.55. The van der Waals surface area contributed by atoms with Crippen LogP contribution in [0.3, 0.4) is 0 Å².